The first-order valence-corrected chi connectivity index (χ1v) is 10.4. The molecule has 29 heavy (non-hydrogen) atoms. The lowest BCUT2D eigenvalue weighted by Crippen LogP contribution is -2.49. The Morgan fingerprint density at radius 2 is 2.07 bits per heavy atom. The van der Waals surface area contributed by atoms with Crippen molar-refractivity contribution in [1.29, 1.82) is 0 Å². The van der Waals surface area contributed by atoms with Gasteiger partial charge < -0.3 is 9.64 Å². The highest BCUT2D eigenvalue weighted by atomic mass is 35.5. The molecular weight excluding hydrogens is 391 g/mol. The molecule has 0 saturated carbocycles. The first-order chi connectivity index (χ1) is 13.9. The van der Waals surface area contributed by atoms with Gasteiger partial charge in [-0.15, -0.1) is 0 Å². The Labute approximate surface area is 177 Å². The molecule has 0 spiro atoms. The molecule has 6 heteroatoms. The molecule has 1 amide bonds. The van der Waals surface area contributed by atoms with E-state index in [1.54, 1.807) is 17.0 Å². The van der Waals surface area contributed by atoms with Crippen LogP contribution in [0, 0.1) is 11.7 Å². The summed E-state index contributed by atoms with van der Waals surface area (Å²) in [6.07, 6.45) is -0.0949. The standard InChI is InChI=1S/C23H28ClFN2O2/c1-17(2)13-27(23(28)18-7-5-8-20(25)12-18)16-21-15-26(10-11-29-21)14-19-6-3-4-9-22(19)24/h3-9,12,17,21H,10-11,13-16H2,1-2H3/t21-/m1/s1. The van der Waals surface area contributed by atoms with Gasteiger partial charge in [0.15, 0.2) is 0 Å². The van der Waals surface area contributed by atoms with E-state index in [4.69, 9.17) is 16.3 Å². The number of hydrogen-bond donors (Lipinski definition) is 0. The van der Waals surface area contributed by atoms with E-state index in [9.17, 15) is 9.18 Å². The van der Waals surface area contributed by atoms with Crippen molar-refractivity contribution in [3.63, 3.8) is 0 Å². The van der Waals surface area contributed by atoms with Gasteiger partial charge in [-0.1, -0.05) is 49.7 Å². The molecule has 1 aliphatic heterocycles. The Morgan fingerprint density at radius 1 is 1.28 bits per heavy atom. The highest BCUT2D eigenvalue weighted by Gasteiger charge is 2.26. The Balaban J connectivity index is 1.67. The van der Waals surface area contributed by atoms with Crippen molar-refractivity contribution in [2.75, 3.05) is 32.8 Å². The maximum Gasteiger partial charge on any atom is 0.254 e. The van der Waals surface area contributed by atoms with Crippen LogP contribution >= 0.6 is 11.6 Å². The van der Waals surface area contributed by atoms with Crippen LogP contribution in [0.15, 0.2) is 48.5 Å². The Kier molecular flexibility index (Phi) is 7.64. The summed E-state index contributed by atoms with van der Waals surface area (Å²) in [5, 5.41) is 0.762. The van der Waals surface area contributed by atoms with Crippen molar-refractivity contribution in [1.82, 2.24) is 9.80 Å². The van der Waals surface area contributed by atoms with E-state index < -0.39 is 5.82 Å². The number of halogens is 2. The molecule has 1 saturated heterocycles. The molecule has 0 aliphatic carbocycles. The SMILES string of the molecule is CC(C)CN(C[C@H]1CN(Cc2ccccc2Cl)CCO1)C(=O)c1cccc(F)c1. The lowest BCUT2D eigenvalue weighted by Gasteiger charge is -2.36. The third kappa shape index (κ3) is 6.26. The fraction of sp³-hybridized carbons (Fsp3) is 0.435. The van der Waals surface area contributed by atoms with Gasteiger partial charge in [0.2, 0.25) is 0 Å². The molecule has 2 aromatic rings. The van der Waals surface area contributed by atoms with Crippen LogP contribution in [0.3, 0.4) is 0 Å². The first kappa shape index (κ1) is 21.8. The van der Waals surface area contributed by atoms with E-state index in [1.165, 1.54) is 12.1 Å². The van der Waals surface area contributed by atoms with E-state index in [0.717, 1.165) is 30.2 Å². The van der Waals surface area contributed by atoms with Gasteiger partial charge in [0.05, 0.1) is 12.7 Å². The summed E-state index contributed by atoms with van der Waals surface area (Å²) in [6, 6.07) is 13.7. The molecule has 156 valence electrons. The van der Waals surface area contributed by atoms with Crippen LogP contribution < -0.4 is 0 Å². The lowest BCUT2D eigenvalue weighted by atomic mass is 10.1. The fourth-order valence-corrected chi connectivity index (χ4v) is 3.83. The maximum atomic E-state index is 13.6. The number of amides is 1. The van der Waals surface area contributed by atoms with Gasteiger partial charge in [-0.25, -0.2) is 4.39 Å². The number of ether oxygens (including phenoxy) is 1. The van der Waals surface area contributed by atoms with Gasteiger partial charge >= 0.3 is 0 Å². The Morgan fingerprint density at radius 3 is 2.79 bits per heavy atom. The van der Waals surface area contributed by atoms with E-state index in [2.05, 4.69) is 18.7 Å². The maximum absolute atomic E-state index is 13.6. The molecule has 1 fully saturated rings. The van der Waals surface area contributed by atoms with E-state index in [1.807, 2.05) is 24.3 Å². The average Bonchev–Trinajstić information content (AvgIpc) is 2.69. The van der Waals surface area contributed by atoms with E-state index in [0.29, 0.717) is 31.2 Å². The zero-order chi connectivity index (χ0) is 20.8. The number of carbonyl (C=O) groups is 1. The largest absolute Gasteiger partial charge is 0.374 e. The summed E-state index contributed by atoms with van der Waals surface area (Å²) in [5.74, 6) is -0.263. The predicted molar refractivity (Wildman–Crippen MR) is 114 cm³/mol. The fourth-order valence-electron chi connectivity index (χ4n) is 3.63. The molecular formula is C23H28ClFN2O2. The Bertz CT molecular complexity index is 830. The van der Waals surface area contributed by atoms with Gasteiger partial charge in [-0.3, -0.25) is 9.69 Å². The molecule has 1 heterocycles. The molecule has 0 unspecified atom stereocenters. The van der Waals surface area contributed by atoms with Crippen LogP contribution in [0.4, 0.5) is 4.39 Å². The van der Waals surface area contributed by atoms with Gasteiger partial charge in [-0.05, 0) is 35.7 Å². The molecule has 1 atom stereocenters. The smallest absolute Gasteiger partial charge is 0.254 e. The topological polar surface area (TPSA) is 32.8 Å². The first-order valence-electron chi connectivity index (χ1n) is 10.0. The molecule has 0 bridgehead atoms. The number of morpholine rings is 1. The molecule has 1 aliphatic rings. The Hall–Kier alpha value is -1.95. The highest BCUT2D eigenvalue weighted by molar-refractivity contribution is 6.31. The van der Waals surface area contributed by atoms with Crippen LogP contribution in [-0.4, -0.2) is 54.6 Å². The van der Waals surface area contributed by atoms with Crippen LogP contribution in [0.1, 0.15) is 29.8 Å². The number of rotatable bonds is 7. The van der Waals surface area contributed by atoms with Crippen molar-refractivity contribution < 1.29 is 13.9 Å². The summed E-state index contributed by atoms with van der Waals surface area (Å²) in [6.45, 7) is 8.11. The number of benzene rings is 2. The minimum Gasteiger partial charge on any atom is -0.374 e. The van der Waals surface area contributed by atoms with Crippen molar-refractivity contribution in [2.45, 2.75) is 26.5 Å². The van der Waals surface area contributed by atoms with Gasteiger partial charge in [0.25, 0.3) is 5.91 Å². The van der Waals surface area contributed by atoms with Crippen LogP contribution in [0.5, 0.6) is 0 Å². The monoisotopic (exact) mass is 418 g/mol. The molecule has 0 N–H and O–H groups in total. The average molecular weight is 419 g/mol. The normalized spacial score (nSPS) is 17.5. The van der Waals surface area contributed by atoms with Crippen LogP contribution in [-0.2, 0) is 11.3 Å². The molecule has 0 aromatic heterocycles. The highest BCUT2D eigenvalue weighted by Crippen LogP contribution is 2.19. The summed E-state index contributed by atoms with van der Waals surface area (Å²) < 4.78 is 19.5. The summed E-state index contributed by atoms with van der Waals surface area (Å²) >= 11 is 6.30. The molecule has 0 radical (unpaired) electrons. The molecule has 2 aromatic carbocycles. The van der Waals surface area contributed by atoms with Crippen LogP contribution in [0.2, 0.25) is 5.02 Å². The third-order valence-corrected chi connectivity index (χ3v) is 5.31. The van der Waals surface area contributed by atoms with Crippen molar-refractivity contribution in [3.8, 4) is 0 Å². The zero-order valence-corrected chi connectivity index (χ0v) is 17.7. The lowest BCUT2D eigenvalue weighted by molar-refractivity contribution is -0.0438. The number of hydrogen-bond acceptors (Lipinski definition) is 3. The second kappa shape index (κ2) is 10.2. The minimum absolute atomic E-state index is 0.0949. The third-order valence-electron chi connectivity index (χ3n) is 4.94. The summed E-state index contributed by atoms with van der Waals surface area (Å²) in [5.41, 5.74) is 1.46. The summed E-state index contributed by atoms with van der Waals surface area (Å²) in [4.78, 5) is 17.1. The quantitative estimate of drug-likeness (QED) is 0.664. The number of carbonyl (C=O) groups excluding carboxylic acids is 1. The summed E-state index contributed by atoms with van der Waals surface area (Å²) in [7, 11) is 0. The van der Waals surface area contributed by atoms with Crippen molar-refractivity contribution in [3.05, 3.63) is 70.5 Å². The van der Waals surface area contributed by atoms with Crippen molar-refractivity contribution >= 4 is 17.5 Å². The second-order valence-electron chi connectivity index (χ2n) is 7.93. The van der Waals surface area contributed by atoms with Crippen LogP contribution in [0.25, 0.3) is 0 Å². The molecule has 3 rings (SSSR count). The zero-order valence-electron chi connectivity index (χ0n) is 17.0. The number of nitrogens with zero attached hydrogens (tertiary/aromatic N) is 2. The van der Waals surface area contributed by atoms with Gasteiger partial charge in [0, 0.05) is 43.3 Å². The van der Waals surface area contributed by atoms with Gasteiger partial charge in [-0.2, -0.15) is 0 Å². The van der Waals surface area contributed by atoms with Crippen molar-refractivity contribution in [2.24, 2.45) is 5.92 Å². The van der Waals surface area contributed by atoms with E-state index in [-0.39, 0.29) is 12.0 Å². The molecule has 4 nitrogen and oxygen atoms in total. The van der Waals surface area contributed by atoms with E-state index >= 15 is 0 Å². The van der Waals surface area contributed by atoms with Gasteiger partial charge in [0.1, 0.15) is 5.82 Å². The minimum atomic E-state index is -0.403. The second-order valence-corrected chi connectivity index (χ2v) is 8.34. The predicted octanol–water partition coefficient (Wildman–Crippen LogP) is 4.48.